The van der Waals surface area contributed by atoms with E-state index in [1.165, 1.54) is 0 Å². The summed E-state index contributed by atoms with van der Waals surface area (Å²) in [5.41, 5.74) is 6.76. The second-order valence-electron chi connectivity index (χ2n) is 2.11. The molecule has 0 heterocycles. The number of amides is 1. The third-order valence-corrected chi connectivity index (χ3v) is 1.65. The number of hydrogen-bond acceptors (Lipinski definition) is 2. The van der Waals surface area contributed by atoms with Crippen molar-refractivity contribution >= 4 is 32.3 Å². The summed E-state index contributed by atoms with van der Waals surface area (Å²) in [4.78, 5) is 10.1. The molecule has 0 aliphatic rings. The molecule has 1 aromatic rings. The van der Waals surface area contributed by atoms with Crippen LogP contribution in [-0.4, -0.2) is 6.41 Å². The lowest BCUT2D eigenvalue weighted by Gasteiger charge is -2.03. The molecular weight excluding hydrogens is 159 g/mol. The van der Waals surface area contributed by atoms with Gasteiger partial charge in [-0.1, -0.05) is 6.07 Å². The lowest BCUT2D eigenvalue weighted by Crippen LogP contribution is -2.02. The maximum absolute atomic E-state index is 10.1. The molecular formula is C7H9N2OP. The van der Waals surface area contributed by atoms with Gasteiger partial charge in [-0.3, -0.25) is 4.79 Å². The van der Waals surface area contributed by atoms with Crippen molar-refractivity contribution in [2.75, 3.05) is 11.1 Å². The number of hydrogen-bond donors (Lipinski definition) is 2. The smallest absolute Gasteiger partial charge is 0.211 e. The minimum absolute atomic E-state index is 0.573. The predicted octanol–water partition coefficient (Wildman–Crippen LogP) is 0.338. The summed E-state index contributed by atoms with van der Waals surface area (Å²) in [6.45, 7) is 0. The molecule has 3 N–H and O–H groups in total. The maximum Gasteiger partial charge on any atom is 0.211 e. The van der Waals surface area contributed by atoms with Crippen LogP contribution in [0.5, 0.6) is 0 Å². The fourth-order valence-corrected chi connectivity index (χ4v) is 1.03. The van der Waals surface area contributed by atoms with Gasteiger partial charge in [0.25, 0.3) is 0 Å². The number of nitrogens with two attached hydrogens (primary N) is 1. The molecule has 0 aliphatic heterocycles. The number of carbonyl (C=O) groups excluding carboxylic acids is 1. The van der Waals surface area contributed by atoms with Crippen LogP contribution in [0.1, 0.15) is 0 Å². The molecule has 1 aromatic carbocycles. The summed E-state index contributed by atoms with van der Waals surface area (Å²) in [7, 11) is 2.52. The molecule has 0 saturated heterocycles. The molecule has 4 heteroatoms. The zero-order valence-corrected chi connectivity index (χ0v) is 7.03. The fourth-order valence-electron chi connectivity index (χ4n) is 0.762. The Kier molecular flexibility index (Phi) is 2.44. The lowest BCUT2D eigenvalue weighted by molar-refractivity contribution is -0.105. The van der Waals surface area contributed by atoms with Crippen molar-refractivity contribution in [3.05, 3.63) is 18.2 Å². The van der Waals surface area contributed by atoms with Crippen molar-refractivity contribution in [2.24, 2.45) is 0 Å². The minimum Gasteiger partial charge on any atom is -0.397 e. The number of anilines is 2. The van der Waals surface area contributed by atoms with Crippen LogP contribution in [0.2, 0.25) is 0 Å². The first kappa shape index (κ1) is 8.02. The first-order chi connectivity index (χ1) is 5.24. The van der Waals surface area contributed by atoms with Crippen molar-refractivity contribution < 1.29 is 4.79 Å². The Morgan fingerprint density at radius 3 is 2.91 bits per heavy atom. The molecule has 1 unspecified atom stereocenters. The standard InChI is InChI=1S/C7H9N2OP/c8-6-2-1-5(11)3-7(6)9-4-10/h1-4H,8,11H2,(H,9,10). The number of nitrogen functional groups attached to an aromatic ring is 1. The summed E-state index contributed by atoms with van der Waals surface area (Å²) in [5, 5.41) is 3.49. The van der Waals surface area contributed by atoms with Crippen LogP contribution in [0, 0.1) is 0 Å². The van der Waals surface area contributed by atoms with Crippen molar-refractivity contribution in [3.63, 3.8) is 0 Å². The van der Waals surface area contributed by atoms with E-state index in [-0.39, 0.29) is 0 Å². The molecule has 1 amide bonds. The van der Waals surface area contributed by atoms with Crippen LogP contribution in [0.25, 0.3) is 0 Å². The van der Waals surface area contributed by atoms with Gasteiger partial charge < -0.3 is 11.1 Å². The van der Waals surface area contributed by atoms with E-state index in [1.807, 2.05) is 6.07 Å². The van der Waals surface area contributed by atoms with Crippen LogP contribution in [0.3, 0.4) is 0 Å². The highest BCUT2D eigenvalue weighted by atomic mass is 31.0. The molecule has 0 aliphatic carbocycles. The Morgan fingerprint density at radius 1 is 1.55 bits per heavy atom. The maximum atomic E-state index is 10.1. The number of carbonyl (C=O) groups is 1. The third-order valence-electron chi connectivity index (χ3n) is 1.29. The molecule has 0 radical (unpaired) electrons. The monoisotopic (exact) mass is 168 g/mol. The van der Waals surface area contributed by atoms with Gasteiger partial charge in [-0.25, -0.2) is 0 Å². The topological polar surface area (TPSA) is 55.1 Å². The first-order valence-electron chi connectivity index (χ1n) is 3.09. The van der Waals surface area contributed by atoms with Gasteiger partial charge in [-0.05, 0) is 17.4 Å². The Hall–Kier alpha value is -1.08. The van der Waals surface area contributed by atoms with E-state index in [9.17, 15) is 4.79 Å². The number of nitrogens with one attached hydrogen (secondary N) is 1. The fraction of sp³-hybridized carbons (Fsp3) is 0. The summed E-state index contributed by atoms with van der Waals surface area (Å²) in [5.74, 6) is 0. The largest absolute Gasteiger partial charge is 0.397 e. The summed E-state index contributed by atoms with van der Waals surface area (Å²) >= 11 is 0. The molecule has 0 bridgehead atoms. The van der Waals surface area contributed by atoms with Gasteiger partial charge in [0.05, 0.1) is 11.4 Å². The zero-order valence-electron chi connectivity index (χ0n) is 5.87. The Labute approximate surface area is 67.2 Å². The average molecular weight is 168 g/mol. The summed E-state index contributed by atoms with van der Waals surface area (Å²) < 4.78 is 0. The van der Waals surface area contributed by atoms with Crippen LogP contribution < -0.4 is 16.4 Å². The number of rotatable bonds is 2. The third kappa shape index (κ3) is 1.92. The van der Waals surface area contributed by atoms with Gasteiger partial charge in [0.2, 0.25) is 6.41 Å². The van der Waals surface area contributed by atoms with E-state index in [0.29, 0.717) is 17.8 Å². The van der Waals surface area contributed by atoms with E-state index in [0.717, 1.165) is 5.30 Å². The van der Waals surface area contributed by atoms with Crippen LogP contribution in [0.15, 0.2) is 18.2 Å². The Morgan fingerprint density at radius 2 is 2.27 bits per heavy atom. The lowest BCUT2D eigenvalue weighted by atomic mass is 10.3. The second kappa shape index (κ2) is 3.35. The molecule has 0 spiro atoms. The molecule has 1 atom stereocenters. The quantitative estimate of drug-likeness (QED) is 0.380. The van der Waals surface area contributed by atoms with Gasteiger partial charge in [0, 0.05) is 0 Å². The summed E-state index contributed by atoms with van der Waals surface area (Å²) in [6, 6.07) is 5.39. The number of benzene rings is 1. The van der Waals surface area contributed by atoms with Crippen molar-refractivity contribution in [1.29, 1.82) is 0 Å². The SMILES string of the molecule is Nc1ccc(P)cc1NC=O. The molecule has 11 heavy (non-hydrogen) atoms. The highest BCUT2D eigenvalue weighted by Crippen LogP contribution is 2.15. The van der Waals surface area contributed by atoms with Gasteiger partial charge in [0.15, 0.2) is 0 Å². The zero-order chi connectivity index (χ0) is 8.27. The van der Waals surface area contributed by atoms with Crippen molar-refractivity contribution in [3.8, 4) is 0 Å². The van der Waals surface area contributed by atoms with Crippen LogP contribution in [0.4, 0.5) is 11.4 Å². The first-order valence-corrected chi connectivity index (χ1v) is 3.67. The van der Waals surface area contributed by atoms with E-state index >= 15 is 0 Å². The van der Waals surface area contributed by atoms with Crippen molar-refractivity contribution in [2.45, 2.75) is 0 Å². The van der Waals surface area contributed by atoms with Gasteiger partial charge in [-0.15, -0.1) is 9.24 Å². The Bertz CT molecular complexity index is 275. The van der Waals surface area contributed by atoms with E-state index in [1.54, 1.807) is 12.1 Å². The van der Waals surface area contributed by atoms with Crippen LogP contribution in [-0.2, 0) is 4.79 Å². The Balaban J connectivity index is 3.01. The minimum atomic E-state index is 0.573. The normalized spacial score (nSPS) is 9.18. The molecule has 0 aromatic heterocycles. The molecule has 3 nitrogen and oxygen atoms in total. The van der Waals surface area contributed by atoms with Crippen molar-refractivity contribution in [1.82, 2.24) is 0 Å². The van der Waals surface area contributed by atoms with Gasteiger partial charge in [-0.2, -0.15) is 0 Å². The molecule has 0 saturated carbocycles. The average Bonchev–Trinajstić information content (AvgIpc) is 1.98. The van der Waals surface area contributed by atoms with E-state index < -0.39 is 0 Å². The van der Waals surface area contributed by atoms with Crippen LogP contribution >= 0.6 is 9.24 Å². The molecule has 1 rings (SSSR count). The highest BCUT2D eigenvalue weighted by Gasteiger charge is 1.95. The summed E-state index contributed by atoms with van der Waals surface area (Å²) in [6.07, 6.45) is 0.607. The second-order valence-corrected chi connectivity index (χ2v) is 2.78. The van der Waals surface area contributed by atoms with E-state index in [2.05, 4.69) is 14.6 Å². The van der Waals surface area contributed by atoms with E-state index in [4.69, 9.17) is 5.73 Å². The molecule has 0 fully saturated rings. The van der Waals surface area contributed by atoms with Gasteiger partial charge >= 0.3 is 0 Å². The van der Waals surface area contributed by atoms with Gasteiger partial charge in [0.1, 0.15) is 0 Å². The molecule has 58 valence electrons. The predicted molar refractivity (Wildman–Crippen MR) is 49.9 cm³/mol. The highest BCUT2D eigenvalue weighted by molar-refractivity contribution is 7.27.